The van der Waals surface area contributed by atoms with Crippen molar-refractivity contribution in [1.29, 1.82) is 0 Å². The van der Waals surface area contributed by atoms with E-state index >= 15 is 0 Å². The molecule has 2 N–H and O–H groups in total. The van der Waals surface area contributed by atoms with E-state index in [1.807, 2.05) is 20.8 Å². The maximum atomic E-state index is 11.7. The van der Waals surface area contributed by atoms with Crippen molar-refractivity contribution < 1.29 is 14.6 Å². The van der Waals surface area contributed by atoms with Gasteiger partial charge in [-0.3, -0.25) is 4.79 Å². The predicted molar refractivity (Wildman–Crippen MR) is 65.8 cm³/mol. The van der Waals surface area contributed by atoms with Crippen molar-refractivity contribution in [3.63, 3.8) is 0 Å². The summed E-state index contributed by atoms with van der Waals surface area (Å²) < 4.78 is 5.33. The van der Waals surface area contributed by atoms with Gasteiger partial charge >= 0.3 is 0 Å². The zero-order chi connectivity index (χ0) is 12.9. The molecule has 1 heterocycles. The van der Waals surface area contributed by atoms with Gasteiger partial charge in [0.05, 0.1) is 12.6 Å². The molecule has 0 aromatic heterocycles. The largest absolute Gasteiger partial charge is 0.386 e. The van der Waals surface area contributed by atoms with Crippen LogP contribution in [0.1, 0.15) is 27.2 Å². The molecule has 1 aliphatic rings. The van der Waals surface area contributed by atoms with Crippen LogP contribution in [0.4, 0.5) is 0 Å². The highest BCUT2D eigenvalue weighted by atomic mass is 16.5. The second kappa shape index (κ2) is 6.33. The first-order valence-corrected chi connectivity index (χ1v) is 6.36. The predicted octanol–water partition coefficient (Wildman–Crippen LogP) is -0.0157. The molecule has 1 rings (SSSR count). The van der Waals surface area contributed by atoms with Crippen LogP contribution in [0.2, 0.25) is 0 Å². The Morgan fingerprint density at radius 1 is 1.53 bits per heavy atom. The van der Waals surface area contributed by atoms with Crippen molar-refractivity contribution in [1.82, 2.24) is 10.2 Å². The molecular formula is C12H24N2O3. The number of hydrogen-bond donors (Lipinski definition) is 2. The van der Waals surface area contributed by atoms with E-state index in [2.05, 4.69) is 5.32 Å². The van der Waals surface area contributed by atoms with Crippen LogP contribution in [-0.4, -0.2) is 60.4 Å². The van der Waals surface area contributed by atoms with Crippen molar-refractivity contribution >= 4 is 5.91 Å². The average Bonchev–Trinajstić information content (AvgIpc) is 2.61. The van der Waals surface area contributed by atoms with Gasteiger partial charge in [0.25, 0.3) is 0 Å². The summed E-state index contributed by atoms with van der Waals surface area (Å²) in [5.41, 5.74) is -0.830. The minimum Gasteiger partial charge on any atom is -0.386 e. The second-order valence-corrected chi connectivity index (χ2v) is 4.54. The van der Waals surface area contributed by atoms with Crippen LogP contribution in [0.3, 0.4) is 0 Å². The van der Waals surface area contributed by atoms with Crippen molar-refractivity contribution in [3.05, 3.63) is 0 Å². The lowest BCUT2D eigenvalue weighted by molar-refractivity contribution is -0.130. The molecule has 0 aromatic carbocycles. The molecule has 1 amide bonds. The lowest BCUT2D eigenvalue weighted by Gasteiger charge is -2.27. The summed E-state index contributed by atoms with van der Waals surface area (Å²) in [6.07, 6.45) is 0.458. The van der Waals surface area contributed by atoms with E-state index in [4.69, 9.17) is 4.74 Å². The lowest BCUT2D eigenvalue weighted by Crippen LogP contribution is -2.48. The van der Waals surface area contributed by atoms with Gasteiger partial charge in [-0.15, -0.1) is 0 Å². The van der Waals surface area contributed by atoms with E-state index in [1.54, 1.807) is 4.90 Å². The van der Waals surface area contributed by atoms with Crippen LogP contribution in [0.25, 0.3) is 0 Å². The summed E-state index contributed by atoms with van der Waals surface area (Å²) in [6.45, 7) is 8.49. The van der Waals surface area contributed by atoms with Gasteiger partial charge in [-0.25, -0.2) is 0 Å². The van der Waals surface area contributed by atoms with E-state index in [9.17, 15) is 9.90 Å². The van der Waals surface area contributed by atoms with Crippen LogP contribution in [-0.2, 0) is 9.53 Å². The zero-order valence-corrected chi connectivity index (χ0v) is 11.0. The number of likely N-dealkylation sites (N-methyl/N-ethyl adjacent to an activating group) is 1. The van der Waals surface area contributed by atoms with Crippen LogP contribution in [0.15, 0.2) is 0 Å². The smallest absolute Gasteiger partial charge is 0.236 e. The molecule has 1 aliphatic heterocycles. The maximum Gasteiger partial charge on any atom is 0.236 e. The van der Waals surface area contributed by atoms with Gasteiger partial charge in [0.2, 0.25) is 5.91 Å². The van der Waals surface area contributed by atoms with E-state index in [0.717, 1.165) is 13.1 Å². The number of aliphatic hydroxyl groups is 1. The Labute approximate surface area is 103 Å². The van der Waals surface area contributed by atoms with Gasteiger partial charge in [0.15, 0.2) is 0 Å². The molecule has 0 aliphatic carbocycles. The number of ether oxygens (including phenoxy) is 1. The Bertz CT molecular complexity index is 256. The van der Waals surface area contributed by atoms with Crippen LogP contribution < -0.4 is 5.32 Å². The summed E-state index contributed by atoms with van der Waals surface area (Å²) in [5, 5.41) is 13.2. The Morgan fingerprint density at radius 2 is 2.18 bits per heavy atom. The van der Waals surface area contributed by atoms with Gasteiger partial charge in [0.1, 0.15) is 5.60 Å². The summed E-state index contributed by atoms with van der Waals surface area (Å²) in [5.74, 6) is 0.0742. The molecular weight excluding hydrogens is 220 g/mol. The number of carbonyl (C=O) groups excluding carboxylic acids is 1. The number of rotatable bonds is 6. The van der Waals surface area contributed by atoms with Gasteiger partial charge in [0, 0.05) is 32.7 Å². The van der Waals surface area contributed by atoms with Crippen molar-refractivity contribution in [2.75, 3.05) is 32.8 Å². The summed E-state index contributed by atoms with van der Waals surface area (Å²) in [7, 11) is 0. The number of hydrogen-bond acceptors (Lipinski definition) is 4. The highest BCUT2D eigenvalue weighted by molar-refractivity contribution is 5.78. The topological polar surface area (TPSA) is 61.8 Å². The third-order valence-electron chi connectivity index (χ3n) is 3.48. The van der Waals surface area contributed by atoms with Crippen molar-refractivity contribution in [2.45, 2.75) is 38.9 Å². The standard InChI is InChI=1S/C12H24N2O3/c1-4-14(5-2)11(15)8-13-9-12(16)6-7-17-10(12)3/h10,13,16H,4-9H2,1-3H3. The van der Waals surface area contributed by atoms with Gasteiger partial charge in [-0.1, -0.05) is 0 Å². The molecule has 1 fully saturated rings. The summed E-state index contributed by atoms with van der Waals surface area (Å²) in [4.78, 5) is 13.5. The first-order valence-electron chi connectivity index (χ1n) is 6.36. The normalized spacial score (nSPS) is 28.4. The highest BCUT2D eigenvalue weighted by Crippen LogP contribution is 2.24. The second-order valence-electron chi connectivity index (χ2n) is 4.54. The quantitative estimate of drug-likeness (QED) is 0.689. The van der Waals surface area contributed by atoms with Gasteiger partial charge < -0.3 is 20.1 Å². The molecule has 0 aromatic rings. The number of nitrogens with one attached hydrogen (secondary N) is 1. The summed E-state index contributed by atoms with van der Waals surface area (Å²) in [6, 6.07) is 0. The molecule has 1 saturated heterocycles. The molecule has 2 unspecified atom stereocenters. The molecule has 0 bridgehead atoms. The van der Waals surface area contributed by atoms with Crippen LogP contribution >= 0.6 is 0 Å². The number of carbonyl (C=O) groups is 1. The minimum absolute atomic E-state index is 0.0742. The Hall–Kier alpha value is -0.650. The van der Waals surface area contributed by atoms with Crippen molar-refractivity contribution in [3.8, 4) is 0 Å². The Kier molecular flexibility index (Phi) is 5.36. The van der Waals surface area contributed by atoms with E-state index in [0.29, 0.717) is 19.6 Å². The molecule has 5 nitrogen and oxygen atoms in total. The van der Waals surface area contributed by atoms with Crippen molar-refractivity contribution in [2.24, 2.45) is 0 Å². The van der Waals surface area contributed by atoms with E-state index in [-0.39, 0.29) is 18.6 Å². The Morgan fingerprint density at radius 3 is 2.65 bits per heavy atom. The van der Waals surface area contributed by atoms with Gasteiger partial charge in [-0.2, -0.15) is 0 Å². The fraction of sp³-hybridized carbons (Fsp3) is 0.917. The van der Waals surface area contributed by atoms with Crippen LogP contribution in [0.5, 0.6) is 0 Å². The number of amides is 1. The van der Waals surface area contributed by atoms with E-state index < -0.39 is 5.60 Å². The maximum absolute atomic E-state index is 11.7. The SMILES string of the molecule is CCN(CC)C(=O)CNCC1(O)CCOC1C. The first kappa shape index (κ1) is 14.4. The molecule has 0 saturated carbocycles. The molecule has 0 radical (unpaired) electrons. The fourth-order valence-corrected chi connectivity index (χ4v) is 2.08. The number of nitrogens with zero attached hydrogens (tertiary/aromatic N) is 1. The third kappa shape index (κ3) is 3.66. The van der Waals surface area contributed by atoms with E-state index in [1.165, 1.54) is 0 Å². The monoisotopic (exact) mass is 244 g/mol. The zero-order valence-electron chi connectivity index (χ0n) is 11.0. The first-order chi connectivity index (χ1) is 8.03. The van der Waals surface area contributed by atoms with Crippen LogP contribution in [0, 0.1) is 0 Å². The Balaban J connectivity index is 2.30. The third-order valence-corrected chi connectivity index (χ3v) is 3.48. The lowest BCUT2D eigenvalue weighted by atomic mass is 9.97. The molecule has 0 spiro atoms. The highest BCUT2D eigenvalue weighted by Gasteiger charge is 2.39. The minimum atomic E-state index is -0.830. The molecule has 100 valence electrons. The fourth-order valence-electron chi connectivity index (χ4n) is 2.08. The molecule has 5 heteroatoms. The molecule has 2 atom stereocenters. The van der Waals surface area contributed by atoms with Gasteiger partial charge in [-0.05, 0) is 20.8 Å². The summed E-state index contributed by atoms with van der Waals surface area (Å²) >= 11 is 0. The molecule has 17 heavy (non-hydrogen) atoms. The average molecular weight is 244 g/mol.